The maximum Gasteiger partial charge on any atom is 0.310 e. The van der Waals surface area contributed by atoms with Crippen molar-refractivity contribution < 1.29 is 10.0 Å². The Kier molecular flexibility index (Phi) is 4.40. The van der Waals surface area contributed by atoms with Gasteiger partial charge in [-0.2, -0.15) is 0 Å². The summed E-state index contributed by atoms with van der Waals surface area (Å²) in [4.78, 5) is 27.7. The lowest BCUT2D eigenvalue weighted by atomic mass is 10.0. The molecule has 0 spiro atoms. The van der Waals surface area contributed by atoms with E-state index in [9.17, 15) is 20.0 Å². The first-order valence-electron chi connectivity index (χ1n) is 8.47. The number of aromatic hydroxyl groups is 1. The van der Waals surface area contributed by atoms with E-state index in [-0.39, 0.29) is 23.0 Å². The first-order chi connectivity index (χ1) is 13.5. The number of benzene rings is 2. The Hall–Kier alpha value is -3.52. The molecule has 0 aliphatic carbocycles. The highest BCUT2D eigenvalue weighted by Gasteiger charge is 2.21. The van der Waals surface area contributed by atoms with Crippen molar-refractivity contribution in [3.05, 3.63) is 84.3 Å². The SMILES string of the molecule is CC1=Nc2ccccc2C1=Cc1sc(=O)n(Cc2ccccc2[N+](=O)[O-])c1O. The molecule has 28 heavy (non-hydrogen) atoms. The zero-order valence-corrected chi connectivity index (χ0v) is 15.6. The van der Waals surface area contributed by atoms with E-state index in [0.29, 0.717) is 10.4 Å². The minimum atomic E-state index is -0.498. The van der Waals surface area contributed by atoms with E-state index >= 15 is 0 Å². The fraction of sp³-hybridized carbons (Fsp3) is 0.100. The van der Waals surface area contributed by atoms with Gasteiger partial charge in [-0.1, -0.05) is 47.7 Å². The van der Waals surface area contributed by atoms with Gasteiger partial charge in [-0.3, -0.25) is 24.5 Å². The van der Waals surface area contributed by atoms with Crippen LogP contribution in [0.4, 0.5) is 11.4 Å². The number of nitro benzene ring substituents is 1. The molecule has 0 fully saturated rings. The summed E-state index contributed by atoms with van der Waals surface area (Å²) in [6.45, 7) is 1.79. The highest BCUT2D eigenvalue weighted by molar-refractivity contribution is 7.10. The Labute approximate surface area is 163 Å². The van der Waals surface area contributed by atoms with Crippen molar-refractivity contribution in [1.82, 2.24) is 4.57 Å². The molecule has 2 heterocycles. The number of allylic oxidation sites excluding steroid dienone is 1. The van der Waals surface area contributed by atoms with Crippen molar-refractivity contribution in [2.45, 2.75) is 13.5 Å². The average Bonchev–Trinajstić information content (AvgIpc) is 3.13. The van der Waals surface area contributed by atoms with Crippen LogP contribution < -0.4 is 4.87 Å². The number of rotatable bonds is 4. The molecule has 1 aliphatic heterocycles. The fourth-order valence-electron chi connectivity index (χ4n) is 3.19. The molecule has 1 aliphatic rings. The number of thiazole rings is 1. The molecule has 0 saturated carbocycles. The maximum absolute atomic E-state index is 12.4. The molecule has 7 nitrogen and oxygen atoms in total. The summed E-state index contributed by atoms with van der Waals surface area (Å²) in [5.74, 6) is -0.210. The van der Waals surface area contributed by atoms with Gasteiger partial charge in [0, 0.05) is 28.5 Å². The van der Waals surface area contributed by atoms with E-state index in [4.69, 9.17) is 0 Å². The average molecular weight is 393 g/mol. The molecule has 1 N–H and O–H groups in total. The number of nitrogens with zero attached hydrogens (tertiary/aromatic N) is 3. The first-order valence-corrected chi connectivity index (χ1v) is 9.29. The number of aliphatic imine (C=N–C) groups is 1. The van der Waals surface area contributed by atoms with Crippen LogP contribution >= 0.6 is 11.3 Å². The Morgan fingerprint density at radius 1 is 1.21 bits per heavy atom. The van der Waals surface area contributed by atoms with Crippen LogP contribution in [0.1, 0.15) is 22.9 Å². The van der Waals surface area contributed by atoms with Crippen molar-refractivity contribution in [3.8, 4) is 5.88 Å². The van der Waals surface area contributed by atoms with Gasteiger partial charge in [0.05, 0.1) is 22.0 Å². The smallest absolute Gasteiger partial charge is 0.310 e. The second-order valence-corrected chi connectivity index (χ2v) is 7.29. The van der Waals surface area contributed by atoms with Crippen molar-refractivity contribution >= 4 is 40.1 Å². The van der Waals surface area contributed by atoms with Crippen LogP contribution in [0.3, 0.4) is 0 Å². The molecule has 140 valence electrons. The Balaban J connectivity index is 1.75. The lowest BCUT2D eigenvalue weighted by Crippen LogP contribution is -2.14. The predicted molar refractivity (Wildman–Crippen MR) is 110 cm³/mol. The highest BCUT2D eigenvalue weighted by atomic mass is 32.1. The summed E-state index contributed by atoms with van der Waals surface area (Å²) in [7, 11) is 0. The van der Waals surface area contributed by atoms with Gasteiger partial charge in [0.25, 0.3) is 5.69 Å². The Morgan fingerprint density at radius 3 is 2.71 bits per heavy atom. The maximum atomic E-state index is 12.4. The molecule has 0 amide bonds. The van der Waals surface area contributed by atoms with E-state index in [2.05, 4.69) is 4.99 Å². The zero-order chi connectivity index (χ0) is 19.8. The molecular formula is C20H15N3O4S. The molecule has 3 aromatic rings. The van der Waals surface area contributed by atoms with Gasteiger partial charge < -0.3 is 5.11 Å². The van der Waals surface area contributed by atoms with E-state index in [1.165, 1.54) is 6.07 Å². The third-order valence-corrected chi connectivity index (χ3v) is 5.47. The van der Waals surface area contributed by atoms with Gasteiger partial charge >= 0.3 is 4.87 Å². The third kappa shape index (κ3) is 3.03. The summed E-state index contributed by atoms with van der Waals surface area (Å²) in [6.07, 6.45) is 1.74. The van der Waals surface area contributed by atoms with Gasteiger partial charge in [-0.15, -0.1) is 0 Å². The Bertz CT molecular complexity index is 1220. The molecule has 0 atom stereocenters. The van der Waals surface area contributed by atoms with E-state index in [0.717, 1.165) is 38.4 Å². The topological polar surface area (TPSA) is 97.7 Å². The largest absolute Gasteiger partial charge is 0.493 e. The van der Waals surface area contributed by atoms with Crippen LogP contribution in [-0.4, -0.2) is 20.3 Å². The number of nitro groups is 1. The van der Waals surface area contributed by atoms with E-state index < -0.39 is 4.92 Å². The quantitative estimate of drug-likeness (QED) is 0.530. The third-order valence-electron chi connectivity index (χ3n) is 4.56. The number of para-hydroxylation sites is 2. The van der Waals surface area contributed by atoms with E-state index in [1.54, 1.807) is 24.3 Å². The lowest BCUT2D eigenvalue weighted by molar-refractivity contribution is -0.385. The van der Waals surface area contributed by atoms with Crippen LogP contribution in [0.25, 0.3) is 11.6 Å². The molecule has 4 rings (SSSR count). The number of fused-ring (bicyclic) bond motifs is 1. The molecule has 2 aromatic carbocycles. The summed E-state index contributed by atoms with van der Waals surface area (Å²) in [6, 6.07) is 13.8. The van der Waals surface area contributed by atoms with Crippen LogP contribution in [0.5, 0.6) is 5.88 Å². The van der Waals surface area contributed by atoms with Crippen molar-refractivity contribution in [2.75, 3.05) is 0 Å². The molecule has 0 radical (unpaired) electrons. The van der Waals surface area contributed by atoms with Gasteiger partial charge in [0.15, 0.2) is 0 Å². The van der Waals surface area contributed by atoms with Crippen LogP contribution in [-0.2, 0) is 6.54 Å². The standard InChI is InChI=1S/C20H15N3O4S/c1-12-15(14-7-3-4-8-16(14)21-12)10-18-19(24)22(20(25)28-18)11-13-6-2-5-9-17(13)23(26)27/h2-10,24H,11H2,1H3. The minimum absolute atomic E-state index is 0.0782. The normalized spacial score (nSPS) is 14.2. The molecule has 0 bridgehead atoms. The van der Waals surface area contributed by atoms with Gasteiger partial charge in [-0.25, -0.2) is 0 Å². The first kappa shape index (κ1) is 17.9. The second-order valence-electron chi connectivity index (χ2n) is 6.30. The molecule has 1 aromatic heterocycles. The van der Waals surface area contributed by atoms with Gasteiger partial charge in [0.2, 0.25) is 5.88 Å². The zero-order valence-electron chi connectivity index (χ0n) is 14.8. The van der Waals surface area contributed by atoms with Crippen molar-refractivity contribution in [1.29, 1.82) is 0 Å². The highest BCUT2D eigenvalue weighted by Crippen LogP contribution is 2.37. The predicted octanol–water partition coefficient (Wildman–Crippen LogP) is 4.22. The van der Waals surface area contributed by atoms with Crippen molar-refractivity contribution in [2.24, 2.45) is 4.99 Å². The number of aromatic nitrogens is 1. The molecule has 8 heteroatoms. The van der Waals surface area contributed by atoms with Gasteiger partial charge in [0.1, 0.15) is 0 Å². The second kappa shape index (κ2) is 6.90. The summed E-state index contributed by atoms with van der Waals surface area (Å²) in [5.41, 5.74) is 3.68. The minimum Gasteiger partial charge on any atom is -0.493 e. The monoisotopic (exact) mass is 393 g/mol. The lowest BCUT2D eigenvalue weighted by Gasteiger charge is -2.05. The van der Waals surface area contributed by atoms with Gasteiger partial charge in [-0.05, 0) is 19.1 Å². The summed E-state index contributed by atoms with van der Waals surface area (Å²) in [5, 5.41) is 21.8. The van der Waals surface area contributed by atoms with Crippen LogP contribution in [0.15, 0.2) is 58.3 Å². The summed E-state index contributed by atoms with van der Waals surface area (Å²) >= 11 is 0.894. The number of hydrogen-bond acceptors (Lipinski definition) is 6. The van der Waals surface area contributed by atoms with E-state index in [1.807, 2.05) is 31.2 Å². The molecular weight excluding hydrogens is 378 g/mol. The summed E-state index contributed by atoms with van der Waals surface area (Å²) < 4.78 is 1.15. The Morgan fingerprint density at radius 2 is 1.93 bits per heavy atom. The fourth-order valence-corrected chi connectivity index (χ4v) is 4.02. The van der Waals surface area contributed by atoms with Crippen molar-refractivity contribution in [3.63, 3.8) is 0 Å². The van der Waals surface area contributed by atoms with Crippen LogP contribution in [0, 0.1) is 10.1 Å². The molecule has 0 saturated heterocycles. The molecule has 0 unspecified atom stereocenters. The number of hydrogen-bond donors (Lipinski definition) is 1. The van der Waals surface area contributed by atoms with Crippen LogP contribution in [0.2, 0.25) is 0 Å².